The van der Waals surface area contributed by atoms with Crippen LogP contribution >= 0.6 is 11.8 Å². The van der Waals surface area contributed by atoms with E-state index in [1.807, 2.05) is 23.5 Å². The Morgan fingerprint density at radius 1 is 1.23 bits per heavy atom. The summed E-state index contributed by atoms with van der Waals surface area (Å²) in [5.74, 6) is 0.279. The number of thioether (sulfide) groups is 1. The number of benzene rings is 1. The summed E-state index contributed by atoms with van der Waals surface area (Å²) >= 11 is 1.27. The molecule has 4 aromatic rings. The van der Waals surface area contributed by atoms with Crippen LogP contribution in [0.5, 0.6) is 0 Å². The van der Waals surface area contributed by atoms with E-state index in [9.17, 15) is 9.18 Å². The molecule has 26 heavy (non-hydrogen) atoms. The van der Waals surface area contributed by atoms with Crippen molar-refractivity contribution in [2.75, 3.05) is 11.1 Å². The first-order chi connectivity index (χ1) is 12.5. The van der Waals surface area contributed by atoms with Crippen molar-refractivity contribution < 1.29 is 13.6 Å². The first-order valence-corrected chi connectivity index (χ1v) is 8.92. The molecule has 0 aliphatic carbocycles. The molecule has 132 valence electrons. The second-order valence-corrected chi connectivity index (χ2v) is 6.85. The quantitative estimate of drug-likeness (QED) is 0.551. The van der Waals surface area contributed by atoms with E-state index in [1.165, 1.54) is 17.8 Å². The Kier molecular flexibility index (Phi) is 4.12. The van der Waals surface area contributed by atoms with Crippen molar-refractivity contribution in [2.24, 2.45) is 0 Å². The van der Waals surface area contributed by atoms with Gasteiger partial charge in [-0.15, -0.1) is 10.2 Å². The average Bonchev–Trinajstić information content (AvgIpc) is 3.19. The molecule has 0 saturated heterocycles. The summed E-state index contributed by atoms with van der Waals surface area (Å²) < 4.78 is 21.0. The van der Waals surface area contributed by atoms with Gasteiger partial charge < -0.3 is 9.73 Å². The molecule has 6 nitrogen and oxygen atoms in total. The number of nitrogens with zero attached hydrogens (tertiary/aromatic N) is 3. The second-order valence-electron chi connectivity index (χ2n) is 5.89. The number of hydrogen-bond donors (Lipinski definition) is 1. The van der Waals surface area contributed by atoms with E-state index in [0.717, 1.165) is 22.4 Å². The van der Waals surface area contributed by atoms with Gasteiger partial charge in [0, 0.05) is 17.8 Å². The Bertz CT molecular complexity index is 1140. The molecule has 8 heteroatoms. The first kappa shape index (κ1) is 16.6. The van der Waals surface area contributed by atoms with Crippen LogP contribution in [0.2, 0.25) is 0 Å². The summed E-state index contributed by atoms with van der Waals surface area (Å²) in [6.07, 6.45) is 1.62. The van der Waals surface area contributed by atoms with Crippen LogP contribution in [-0.4, -0.2) is 26.3 Å². The van der Waals surface area contributed by atoms with Crippen molar-refractivity contribution in [1.82, 2.24) is 14.6 Å². The van der Waals surface area contributed by atoms with E-state index in [4.69, 9.17) is 4.42 Å². The van der Waals surface area contributed by atoms with Crippen molar-refractivity contribution >= 4 is 40.0 Å². The minimum atomic E-state index is -0.350. The highest BCUT2D eigenvalue weighted by Crippen LogP contribution is 2.28. The molecule has 0 unspecified atom stereocenters. The van der Waals surface area contributed by atoms with Gasteiger partial charge in [0.1, 0.15) is 16.7 Å². The Labute approximate surface area is 152 Å². The summed E-state index contributed by atoms with van der Waals surface area (Å²) in [5.41, 5.74) is 3.45. The number of rotatable bonds is 4. The normalized spacial score (nSPS) is 11.3. The number of aryl methyl sites for hydroxylation is 2. The summed E-state index contributed by atoms with van der Waals surface area (Å²) in [7, 11) is 0. The van der Waals surface area contributed by atoms with Gasteiger partial charge in [0.05, 0.1) is 23.0 Å². The maximum absolute atomic E-state index is 13.6. The highest BCUT2D eigenvalue weighted by molar-refractivity contribution is 8.00. The number of carbonyl (C=O) groups is 1. The summed E-state index contributed by atoms with van der Waals surface area (Å²) in [6.45, 7) is 3.53. The van der Waals surface area contributed by atoms with Gasteiger partial charge in [0.15, 0.2) is 5.58 Å². The zero-order chi connectivity index (χ0) is 18.3. The van der Waals surface area contributed by atoms with Crippen molar-refractivity contribution in [3.8, 4) is 0 Å². The predicted octanol–water partition coefficient (Wildman–Crippen LogP) is 3.96. The van der Waals surface area contributed by atoms with Crippen LogP contribution in [0.15, 0.2) is 46.0 Å². The number of hydrogen-bond acceptors (Lipinski definition) is 5. The number of furan rings is 1. The fourth-order valence-electron chi connectivity index (χ4n) is 2.75. The second kappa shape index (κ2) is 6.45. The highest BCUT2D eigenvalue weighted by Gasteiger charge is 2.15. The maximum atomic E-state index is 13.6. The topological polar surface area (TPSA) is 72.4 Å². The van der Waals surface area contributed by atoms with E-state index >= 15 is 0 Å². The van der Waals surface area contributed by atoms with Crippen molar-refractivity contribution in [3.05, 3.63) is 53.8 Å². The Morgan fingerprint density at radius 2 is 2.08 bits per heavy atom. The molecule has 1 aromatic carbocycles. The summed E-state index contributed by atoms with van der Waals surface area (Å²) in [5, 5.41) is 11.7. The van der Waals surface area contributed by atoms with E-state index in [0.29, 0.717) is 16.3 Å². The van der Waals surface area contributed by atoms with E-state index in [2.05, 4.69) is 15.5 Å². The number of halogens is 1. The molecule has 4 rings (SSSR count). The molecular formula is C18H15FN4O2S. The number of amides is 1. The van der Waals surface area contributed by atoms with Crippen LogP contribution in [0.3, 0.4) is 0 Å². The molecule has 3 heterocycles. The predicted molar refractivity (Wildman–Crippen MR) is 98.0 cm³/mol. The Morgan fingerprint density at radius 3 is 2.88 bits per heavy atom. The van der Waals surface area contributed by atoms with E-state index < -0.39 is 0 Å². The van der Waals surface area contributed by atoms with Gasteiger partial charge in [-0.3, -0.25) is 9.20 Å². The SMILES string of the molecule is Cc1ccc(NC(=O)CSc2nnc(C)n3c2cc2occc23)cc1F. The van der Waals surface area contributed by atoms with Gasteiger partial charge in [0.2, 0.25) is 5.91 Å². The van der Waals surface area contributed by atoms with Crippen LogP contribution < -0.4 is 5.32 Å². The molecule has 0 saturated carbocycles. The van der Waals surface area contributed by atoms with Gasteiger partial charge in [-0.1, -0.05) is 17.8 Å². The molecule has 0 aliphatic rings. The molecule has 0 spiro atoms. The number of anilines is 1. The van der Waals surface area contributed by atoms with Crippen LogP contribution in [0, 0.1) is 19.7 Å². The zero-order valence-electron chi connectivity index (χ0n) is 14.1. The summed E-state index contributed by atoms with van der Waals surface area (Å²) in [4.78, 5) is 12.2. The molecule has 0 aliphatic heterocycles. The van der Waals surface area contributed by atoms with Crippen LogP contribution in [0.4, 0.5) is 10.1 Å². The van der Waals surface area contributed by atoms with Gasteiger partial charge >= 0.3 is 0 Å². The van der Waals surface area contributed by atoms with Crippen LogP contribution in [-0.2, 0) is 4.79 Å². The molecule has 0 bridgehead atoms. The van der Waals surface area contributed by atoms with Gasteiger partial charge in [-0.05, 0) is 31.5 Å². The first-order valence-electron chi connectivity index (χ1n) is 7.93. The van der Waals surface area contributed by atoms with E-state index in [-0.39, 0.29) is 17.5 Å². The third-order valence-electron chi connectivity index (χ3n) is 4.05. The lowest BCUT2D eigenvalue weighted by Crippen LogP contribution is -2.14. The monoisotopic (exact) mass is 370 g/mol. The lowest BCUT2D eigenvalue weighted by atomic mass is 10.2. The smallest absolute Gasteiger partial charge is 0.234 e. The standard InChI is InChI=1S/C18H15FN4O2S/c1-10-3-4-12(7-13(10)19)20-17(24)9-26-18-15-8-16-14(5-6-25-16)23(15)11(2)21-22-18/h3-8H,9H2,1-2H3,(H,20,24). The minimum absolute atomic E-state index is 0.134. The number of aromatic nitrogens is 3. The molecule has 0 atom stereocenters. The largest absolute Gasteiger partial charge is 0.463 e. The summed E-state index contributed by atoms with van der Waals surface area (Å²) in [6, 6.07) is 8.36. The fourth-order valence-corrected chi connectivity index (χ4v) is 3.49. The van der Waals surface area contributed by atoms with Gasteiger partial charge in [-0.25, -0.2) is 4.39 Å². The maximum Gasteiger partial charge on any atom is 0.234 e. The zero-order valence-corrected chi connectivity index (χ0v) is 14.9. The lowest BCUT2D eigenvalue weighted by Gasteiger charge is -2.07. The number of nitrogens with one attached hydrogen (secondary N) is 1. The third-order valence-corrected chi connectivity index (χ3v) is 5.02. The Hall–Kier alpha value is -2.87. The molecule has 0 fully saturated rings. The van der Waals surface area contributed by atoms with Crippen molar-refractivity contribution in [1.29, 1.82) is 0 Å². The average molecular weight is 370 g/mol. The van der Waals surface area contributed by atoms with Crippen LogP contribution in [0.1, 0.15) is 11.4 Å². The molecule has 0 radical (unpaired) electrons. The van der Waals surface area contributed by atoms with Gasteiger partial charge in [0.25, 0.3) is 0 Å². The fraction of sp³-hybridized carbons (Fsp3) is 0.167. The highest BCUT2D eigenvalue weighted by atomic mass is 32.2. The molecule has 1 N–H and O–H groups in total. The van der Waals surface area contributed by atoms with Gasteiger partial charge in [-0.2, -0.15) is 0 Å². The molecular weight excluding hydrogens is 355 g/mol. The lowest BCUT2D eigenvalue weighted by molar-refractivity contribution is -0.113. The molecule has 3 aromatic heterocycles. The third kappa shape index (κ3) is 2.92. The number of carbonyl (C=O) groups excluding carboxylic acids is 1. The number of fused-ring (bicyclic) bond motifs is 3. The minimum Gasteiger partial charge on any atom is -0.463 e. The van der Waals surface area contributed by atoms with E-state index in [1.54, 1.807) is 25.3 Å². The molecule has 1 amide bonds. The van der Waals surface area contributed by atoms with Crippen molar-refractivity contribution in [2.45, 2.75) is 18.9 Å². The van der Waals surface area contributed by atoms with Crippen molar-refractivity contribution in [3.63, 3.8) is 0 Å². The van der Waals surface area contributed by atoms with Crippen LogP contribution in [0.25, 0.3) is 16.6 Å². The Balaban J connectivity index is 1.53.